The van der Waals surface area contributed by atoms with Crippen molar-refractivity contribution in [2.24, 2.45) is 0 Å². The van der Waals surface area contributed by atoms with Crippen molar-refractivity contribution in [3.8, 4) is 5.75 Å². The number of ether oxygens (including phenoxy) is 1. The first-order valence-corrected chi connectivity index (χ1v) is 7.40. The number of hydrogen-bond acceptors (Lipinski definition) is 3. The van der Waals surface area contributed by atoms with Crippen LogP contribution in [0.25, 0.3) is 0 Å². The predicted octanol–water partition coefficient (Wildman–Crippen LogP) is 3.11. The molecule has 2 N–H and O–H groups in total. The average molecular weight is 279 g/mol. The topological polar surface area (TPSA) is 41.5 Å². The molecule has 0 bridgehead atoms. The number of aliphatic hydroxyl groups excluding tert-OH is 1. The minimum absolute atomic E-state index is 0.0626. The molecule has 20 heavy (non-hydrogen) atoms. The van der Waals surface area contributed by atoms with Crippen LogP contribution in [0.4, 0.5) is 0 Å². The maximum atomic E-state index is 9.50. The maximum Gasteiger partial charge on any atom is 0.119 e. The molecule has 0 amide bonds. The monoisotopic (exact) mass is 279 g/mol. The molecule has 114 valence electrons. The van der Waals surface area contributed by atoms with Crippen molar-refractivity contribution in [2.45, 2.75) is 52.0 Å². The normalized spacial score (nSPS) is 14.9. The molecule has 1 aromatic carbocycles. The first-order valence-electron chi connectivity index (χ1n) is 7.40. The minimum Gasteiger partial charge on any atom is -0.492 e. The highest BCUT2D eigenvalue weighted by Gasteiger charge is 2.23. The van der Waals surface area contributed by atoms with E-state index in [-0.39, 0.29) is 12.0 Å². The van der Waals surface area contributed by atoms with Crippen LogP contribution in [-0.4, -0.2) is 30.4 Å². The molecule has 3 heteroatoms. The van der Waals surface area contributed by atoms with Gasteiger partial charge in [-0.1, -0.05) is 39.8 Å². The van der Waals surface area contributed by atoms with E-state index < -0.39 is 5.54 Å². The molecular weight excluding hydrogens is 250 g/mol. The third-order valence-electron chi connectivity index (χ3n) is 3.43. The van der Waals surface area contributed by atoms with Crippen molar-refractivity contribution in [1.29, 1.82) is 0 Å². The second kappa shape index (κ2) is 7.09. The predicted molar refractivity (Wildman–Crippen MR) is 84.4 cm³/mol. The Balaban J connectivity index is 2.60. The molecule has 1 rings (SSSR count). The molecule has 1 aromatic rings. The standard InChI is InChI=1S/C17H29NO2/c1-6-11-18-17(5,12-19)13-20-15-9-7-14(8-10-15)16(2,3)4/h7-10,18-19H,6,11-13H2,1-5H3. The zero-order chi connectivity index (χ0) is 15.2. The van der Waals surface area contributed by atoms with Gasteiger partial charge in [-0.2, -0.15) is 0 Å². The fraction of sp³-hybridized carbons (Fsp3) is 0.647. The second-order valence-electron chi connectivity index (χ2n) is 6.71. The second-order valence-corrected chi connectivity index (χ2v) is 6.71. The van der Waals surface area contributed by atoms with Gasteiger partial charge in [0.05, 0.1) is 12.1 Å². The summed E-state index contributed by atoms with van der Waals surface area (Å²) in [5.41, 5.74) is 1.05. The third-order valence-corrected chi connectivity index (χ3v) is 3.43. The van der Waals surface area contributed by atoms with Gasteiger partial charge in [0.15, 0.2) is 0 Å². The van der Waals surface area contributed by atoms with E-state index in [2.05, 4.69) is 45.1 Å². The zero-order valence-corrected chi connectivity index (χ0v) is 13.5. The fourth-order valence-electron chi connectivity index (χ4n) is 1.87. The SMILES string of the molecule is CCCNC(C)(CO)COc1ccc(C(C)(C)C)cc1. The van der Waals surface area contributed by atoms with Crippen LogP contribution in [0.15, 0.2) is 24.3 Å². The van der Waals surface area contributed by atoms with Crippen LogP contribution < -0.4 is 10.1 Å². The highest BCUT2D eigenvalue weighted by Crippen LogP contribution is 2.24. The molecule has 0 aromatic heterocycles. The zero-order valence-electron chi connectivity index (χ0n) is 13.5. The molecule has 3 nitrogen and oxygen atoms in total. The summed E-state index contributed by atoms with van der Waals surface area (Å²) < 4.78 is 5.80. The summed E-state index contributed by atoms with van der Waals surface area (Å²) in [7, 11) is 0. The van der Waals surface area contributed by atoms with Gasteiger partial charge in [0, 0.05) is 0 Å². The highest BCUT2D eigenvalue weighted by atomic mass is 16.5. The van der Waals surface area contributed by atoms with Gasteiger partial charge in [-0.25, -0.2) is 0 Å². The molecule has 0 spiro atoms. The number of hydrogen-bond donors (Lipinski definition) is 2. The van der Waals surface area contributed by atoms with Crippen molar-refractivity contribution >= 4 is 0 Å². The molecule has 0 aliphatic heterocycles. The Morgan fingerprint density at radius 1 is 1.10 bits per heavy atom. The Bertz CT molecular complexity index is 394. The average Bonchev–Trinajstić information content (AvgIpc) is 2.42. The summed E-state index contributed by atoms with van der Waals surface area (Å²) in [6.07, 6.45) is 1.04. The van der Waals surface area contributed by atoms with Crippen LogP contribution in [0.3, 0.4) is 0 Å². The molecule has 0 aliphatic rings. The third kappa shape index (κ3) is 5.14. The van der Waals surface area contributed by atoms with Gasteiger partial charge in [-0.05, 0) is 43.0 Å². The van der Waals surface area contributed by atoms with Crippen molar-refractivity contribution < 1.29 is 9.84 Å². The van der Waals surface area contributed by atoms with Crippen LogP contribution in [0.1, 0.15) is 46.6 Å². The Hall–Kier alpha value is -1.06. The minimum atomic E-state index is -0.390. The Labute approximate surface area is 123 Å². The highest BCUT2D eigenvalue weighted by molar-refractivity contribution is 5.31. The summed E-state index contributed by atoms with van der Waals surface area (Å²) >= 11 is 0. The van der Waals surface area contributed by atoms with E-state index in [1.807, 2.05) is 19.1 Å². The molecule has 0 radical (unpaired) electrons. The fourth-order valence-corrected chi connectivity index (χ4v) is 1.87. The smallest absolute Gasteiger partial charge is 0.119 e. The van der Waals surface area contributed by atoms with Crippen LogP contribution >= 0.6 is 0 Å². The van der Waals surface area contributed by atoms with Gasteiger partial charge < -0.3 is 15.2 Å². The molecular formula is C17H29NO2. The van der Waals surface area contributed by atoms with E-state index in [1.54, 1.807) is 0 Å². The van der Waals surface area contributed by atoms with Gasteiger partial charge in [0.1, 0.15) is 12.4 Å². The summed E-state index contributed by atoms with van der Waals surface area (Å²) in [5, 5.41) is 12.8. The molecule has 0 fully saturated rings. The molecule has 0 saturated carbocycles. The first kappa shape index (κ1) is 17.0. The lowest BCUT2D eigenvalue weighted by Crippen LogP contribution is -2.50. The van der Waals surface area contributed by atoms with Gasteiger partial charge >= 0.3 is 0 Å². The summed E-state index contributed by atoms with van der Waals surface area (Å²) in [6, 6.07) is 8.20. The molecule has 0 heterocycles. The van der Waals surface area contributed by atoms with E-state index in [4.69, 9.17) is 4.74 Å². The number of benzene rings is 1. The van der Waals surface area contributed by atoms with Crippen molar-refractivity contribution in [1.82, 2.24) is 5.32 Å². The van der Waals surface area contributed by atoms with Gasteiger partial charge in [0.25, 0.3) is 0 Å². The van der Waals surface area contributed by atoms with Crippen LogP contribution in [0.5, 0.6) is 5.75 Å². The summed E-state index contributed by atoms with van der Waals surface area (Å²) in [4.78, 5) is 0. The molecule has 0 aliphatic carbocycles. The van der Waals surface area contributed by atoms with Gasteiger partial charge in [0.2, 0.25) is 0 Å². The number of aliphatic hydroxyl groups is 1. The first-order chi connectivity index (χ1) is 9.30. The van der Waals surface area contributed by atoms with E-state index in [9.17, 15) is 5.11 Å². The lowest BCUT2D eigenvalue weighted by Gasteiger charge is -2.28. The largest absolute Gasteiger partial charge is 0.492 e. The van der Waals surface area contributed by atoms with E-state index >= 15 is 0 Å². The Morgan fingerprint density at radius 2 is 1.70 bits per heavy atom. The summed E-state index contributed by atoms with van der Waals surface area (Å²) in [5.74, 6) is 0.843. The van der Waals surface area contributed by atoms with Crippen molar-refractivity contribution in [2.75, 3.05) is 19.8 Å². The van der Waals surface area contributed by atoms with E-state index in [1.165, 1.54) is 5.56 Å². The van der Waals surface area contributed by atoms with Crippen molar-refractivity contribution in [3.05, 3.63) is 29.8 Å². The van der Waals surface area contributed by atoms with Crippen molar-refractivity contribution in [3.63, 3.8) is 0 Å². The van der Waals surface area contributed by atoms with E-state index in [0.29, 0.717) is 6.61 Å². The number of rotatable bonds is 7. The van der Waals surface area contributed by atoms with Gasteiger partial charge in [-0.15, -0.1) is 0 Å². The molecule has 0 saturated heterocycles. The molecule has 1 unspecified atom stereocenters. The molecule has 1 atom stereocenters. The summed E-state index contributed by atoms with van der Waals surface area (Å²) in [6.45, 7) is 12.1. The van der Waals surface area contributed by atoms with Gasteiger partial charge in [-0.3, -0.25) is 0 Å². The Kier molecular flexibility index (Phi) is 6.03. The van der Waals surface area contributed by atoms with Crippen LogP contribution in [-0.2, 0) is 5.41 Å². The number of nitrogens with one attached hydrogen (secondary N) is 1. The lowest BCUT2D eigenvalue weighted by molar-refractivity contribution is 0.116. The Morgan fingerprint density at radius 3 is 2.15 bits per heavy atom. The lowest BCUT2D eigenvalue weighted by atomic mass is 9.87. The maximum absolute atomic E-state index is 9.50. The quantitative estimate of drug-likeness (QED) is 0.806. The van der Waals surface area contributed by atoms with Crippen LogP contribution in [0, 0.1) is 0 Å². The van der Waals surface area contributed by atoms with E-state index in [0.717, 1.165) is 18.7 Å². The van der Waals surface area contributed by atoms with Crippen LogP contribution in [0.2, 0.25) is 0 Å².